The lowest BCUT2D eigenvalue weighted by molar-refractivity contribution is -0.137. The van der Waals surface area contributed by atoms with Crippen LogP contribution in [0.3, 0.4) is 0 Å². The number of para-hydroxylation sites is 2. The van der Waals surface area contributed by atoms with Crippen molar-refractivity contribution in [3.63, 3.8) is 0 Å². The number of aromatic nitrogens is 2. The van der Waals surface area contributed by atoms with Crippen molar-refractivity contribution in [1.29, 1.82) is 0 Å². The molecular weight excluding hydrogens is 540 g/mol. The molecule has 0 bridgehead atoms. The maximum atomic E-state index is 13.9. The number of aromatic amines is 2. The van der Waals surface area contributed by atoms with Crippen LogP contribution in [0.4, 0.5) is 5.69 Å². The number of fused-ring (bicyclic) bond motifs is 2. The van der Waals surface area contributed by atoms with Gasteiger partial charge in [0.05, 0.1) is 18.1 Å². The highest BCUT2D eigenvalue weighted by molar-refractivity contribution is 6.01. The summed E-state index contributed by atoms with van der Waals surface area (Å²) < 4.78 is 5.12. The van der Waals surface area contributed by atoms with Crippen molar-refractivity contribution in [2.75, 3.05) is 31.1 Å². The SMILES string of the molecule is CCOC(=O)c1cccc(N2CC(C(=O)N3CCC(c4c[nH]c5ccccc45)(c4c[nH]c5ccccc45)CC3)CC2=O)c1. The first-order valence-corrected chi connectivity index (χ1v) is 15.0. The van der Waals surface area contributed by atoms with Crippen molar-refractivity contribution in [1.82, 2.24) is 14.9 Å². The number of carbonyl (C=O) groups excluding carboxylic acids is 3. The monoisotopic (exact) mass is 574 g/mol. The van der Waals surface area contributed by atoms with Gasteiger partial charge in [-0.2, -0.15) is 0 Å². The van der Waals surface area contributed by atoms with Crippen molar-refractivity contribution in [3.8, 4) is 0 Å². The Morgan fingerprint density at radius 1 is 0.884 bits per heavy atom. The van der Waals surface area contributed by atoms with Gasteiger partial charge in [0.1, 0.15) is 0 Å². The molecule has 2 aromatic heterocycles. The maximum Gasteiger partial charge on any atom is 0.338 e. The van der Waals surface area contributed by atoms with Crippen LogP contribution in [0.15, 0.2) is 85.2 Å². The van der Waals surface area contributed by atoms with Gasteiger partial charge in [0.15, 0.2) is 0 Å². The smallest absolute Gasteiger partial charge is 0.338 e. The first-order valence-electron chi connectivity index (χ1n) is 15.0. The van der Waals surface area contributed by atoms with Crippen molar-refractivity contribution in [2.45, 2.75) is 31.6 Å². The summed E-state index contributed by atoms with van der Waals surface area (Å²) in [6.45, 7) is 3.53. The highest BCUT2D eigenvalue weighted by Crippen LogP contribution is 2.47. The van der Waals surface area contributed by atoms with E-state index in [1.54, 1.807) is 36.1 Å². The van der Waals surface area contributed by atoms with Gasteiger partial charge in [-0.1, -0.05) is 42.5 Å². The molecular formula is C35H34N4O4. The predicted octanol–water partition coefficient (Wildman–Crippen LogP) is 5.79. The third-order valence-electron chi connectivity index (χ3n) is 9.28. The fraction of sp³-hybridized carbons (Fsp3) is 0.286. The Kier molecular flexibility index (Phi) is 6.76. The normalized spacial score (nSPS) is 18.4. The molecule has 2 N–H and O–H groups in total. The van der Waals surface area contributed by atoms with Crippen LogP contribution in [0.1, 0.15) is 47.7 Å². The van der Waals surface area contributed by atoms with Gasteiger partial charge in [0, 0.05) is 71.4 Å². The quantitative estimate of drug-likeness (QED) is 0.251. The van der Waals surface area contributed by atoms with Gasteiger partial charge in [-0.15, -0.1) is 0 Å². The third-order valence-corrected chi connectivity index (χ3v) is 9.28. The molecule has 5 aromatic rings. The molecule has 8 heteroatoms. The fourth-order valence-electron chi connectivity index (χ4n) is 7.12. The van der Waals surface area contributed by atoms with Gasteiger partial charge in [-0.3, -0.25) is 9.59 Å². The third kappa shape index (κ3) is 4.58. The van der Waals surface area contributed by atoms with E-state index in [0.29, 0.717) is 30.9 Å². The zero-order chi connectivity index (χ0) is 29.6. The number of ether oxygens (including phenoxy) is 1. The minimum absolute atomic E-state index is 0.0175. The molecule has 4 heterocycles. The number of piperidine rings is 1. The summed E-state index contributed by atoms with van der Waals surface area (Å²) in [5.74, 6) is -0.939. The molecule has 43 heavy (non-hydrogen) atoms. The Morgan fingerprint density at radius 3 is 2.14 bits per heavy atom. The van der Waals surface area contributed by atoms with Gasteiger partial charge >= 0.3 is 5.97 Å². The Morgan fingerprint density at radius 2 is 1.51 bits per heavy atom. The van der Waals surface area contributed by atoms with Gasteiger partial charge in [-0.05, 0) is 61.2 Å². The lowest BCUT2D eigenvalue weighted by atomic mass is 9.67. The standard InChI is InChI=1S/C35H34N4O4/c1-2-43-34(42)23-8-7-9-25(18-23)39-22-24(19-32(39)40)33(41)38-16-14-35(15-17-38,28-20-36-30-12-5-3-10-26(28)30)29-21-37-31-13-6-4-11-27(29)31/h3-13,18,20-21,24,36-37H,2,14-17,19,22H2,1H3. The summed E-state index contributed by atoms with van der Waals surface area (Å²) in [7, 11) is 0. The van der Waals surface area contributed by atoms with E-state index < -0.39 is 11.9 Å². The number of benzene rings is 3. The van der Waals surface area contributed by atoms with Crippen LogP contribution in [0.2, 0.25) is 0 Å². The van der Waals surface area contributed by atoms with E-state index in [4.69, 9.17) is 4.74 Å². The van der Waals surface area contributed by atoms with E-state index in [0.717, 1.165) is 23.9 Å². The van der Waals surface area contributed by atoms with Gasteiger partial charge in [0.2, 0.25) is 11.8 Å². The van der Waals surface area contributed by atoms with Crippen LogP contribution < -0.4 is 4.90 Å². The average molecular weight is 575 g/mol. The lowest BCUT2D eigenvalue weighted by Crippen LogP contribution is -2.47. The summed E-state index contributed by atoms with van der Waals surface area (Å²) in [6.07, 6.45) is 5.99. The summed E-state index contributed by atoms with van der Waals surface area (Å²) in [5.41, 5.74) is 5.44. The van der Waals surface area contributed by atoms with Crippen LogP contribution in [0, 0.1) is 5.92 Å². The van der Waals surface area contributed by atoms with Crippen molar-refractivity contribution in [3.05, 3.63) is 102 Å². The first-order chi connectivity index (χ1) is 21.0. The van der Waals surface area contributed by atoms with Gasteiger partial charge < -0.3 is 24.5 Å². The van der Waals surface area contributed by atoms with Crippen LogP contribution in [-0.4, -0.2) is 58.9 Å². The minimum Gasteiger partial charge on any atom is -0.462 e. The molecule has 0 aliphatic carbocycles. The number of hydrogen-bond acceptors (Lipinski definition) is 4. The van der Waals surface area contributed by atoms with Crippen molar-refractivity contribution >= 4 is 45.3 Å². The highest BCUT2D eigenvalue weighted by Gasteiger charge is 2.44. The second-order valence-electron chi connectivity index (χ2n) is 11.6. The van der Waals surface area contributed by atoms with Crippen molar-refractivity contribution in [2.24, 2.45) is 5.92 Å². The number of rotatable bonds is 6. The Balaban J connectivity index is 1.14. The molecule has 0 radical (unpaired) electrons. The molecule has 2 saturated heterocycles. The molecule has 2 amide bonds. The summed E-state index contributed by atoms with van der Waals surface area (Å²) >= 11 is 0. The summed E-state index contributed by atoms with van der Waals surface area (Å²) in [5, 5.41) is 2.41. The zero-order valence-corrected chi connectivity index (χ0v) is 24.1. The number of amides is 2. The number of likely N-dealkylation sites (tertiary alicyclic amines) is 1. The number of nitrogens with zero attached hydrogens (tertiary/aromatic N) is 2. The van der Waals surface area contributed by atoms with Crippen molar-refractivity contribution < 1.29 is 19.1 Å². The first kappa shape index (κ1) is 27.0. The number of carbonyl (C=O) groups is 3. The van der Waals surface area contributed by atoms with E-state index in [2.05, 4.69) is 58.8 Å². The van der Waals surface area contributed by atoms with Crippen LogP contribution >= 0.6 is 0 Å². The van der Waals surface area contributed by atoms with E-state index in [9.17, 15) is 14.4 Å². The second-order valence-corrected chi connectivity index (χ2v) is 11.6. The molecule has 8 nitrogen and oxygen atoms in total. The number of H-pyrrole nitrogens is 2. The van der Waals surface area contributed by atoms with Crippen LogP contribution in [0.25, 0.3) is 21.8 Å². The fourth-order valence-corrected chi connectivity index (χ4v) is 7.12. The van der Waals surface area contributed by atoms with Gasteiger partial charge in [-0.25, -0.2) is 4.79 Å². The molecule has 2 aliphatic heterocycles. The minimum atomic E-state index is -0.425. The number of anilines is 1. The van der Waals surface area contributed by atoms with E-state index >= 15 is 0 Å². The second kappa shape index (κ2) is 10.8. The molecule has 7 rings (SSSR count). The Hall–Kier alpha value is -4.85. The molecule has 1 atom stereocenters. The molecule has 218 valence electrons. The topological polar surface area (TPSA) is 98.5 Å². The lowest BCUT2D eigenvalue weighted by Gasteiger charge is -2.43. The highest BCUT2D eigenvalue weighted by atomic mass is 16.5. The molecule has 0 saturated carbocycles. The number of nitrogens with one attached hydrogen (secondary N) is 2. The predicted molar refractivity (Wildman–Crippen MR) is 166 cm³/mol. The van der Waals surface area contributed by atoms with Crippen LogP contribution in [-0.2, 0) is 19.7 Å². The summed E-state index contributed by atoms with van der Waals surface area (Å²) in [4.78, 5) is 49.7. The van der Waals surface area contributed by atoms with Crippen LogP contribution in [0.5, 0.6) is 0 Å². The van der Waals surface area contributed by atoms with E-state index in [1.165, 1.54) is 21.9 Å². The Labute approximate surface area is 249 Å². The molecule has 2 aliphatic rings. The summed E-state index contributed by atoms with van der Waals surface area (Å²) in [6, 6.07) is 23.7. The average Bonchev–Trinajstić information content (AvgIpc) is 3.78. The van der Waals surface area contributed by atoms with Gasteiger partial charge in [0.25, 0.3) is 0 Å². The molecule has 1 unspecified atom stereocenters. The molecule has 2 fully saturated rings. The molecule has 0 spiro atoms. The zero-order valence-electron chi connectivity index (χ0n) is 24.1. The molecule has 3 aromatic carbocycles. The number of esters is 1. The Bertz CT molecular complexity index is 1770. The largest absolute Gasteiger partial charge is 0.462 e. The number of hydrogen-bond donors (Lipinski definition) is 2. The maximum absolute atomic E-state index is 13.9. The van der Waals surface area contributed by atoms with E-state index in [1.807, 2.05) is 17.0 Å². The van der Waals surface area contributed by atoms with E-state index in [-0.39, 0.29) is 30.3 Å².